The van der Waals surface area contributed by atoms with Crippen LogP contribution in [0.15, 0.2) is 42.5 Å². The molecule has 1 aliphatic heterocycles. The topological polar surface area (TPSA) is 49.5 Å². The van der Waals surface area contributed by atoms with Gasteiger partial charge in [0.05, 0.1) is 6.10 Å². The van der Waals surface area contributed by atoms with E-state index in [1.807, 2.05) is 17.4 Å². The fourth-order valence-electron chi connectivity index (χ4n) is 2.77. The number of benzene rings is 1. The van der Waals surface area contributed by atoms with E-state index in [1.165, 1.54) is 15.3 Å². The Hall–Kier alpha value is -1.20. The third-order valence-corrected chi connectivity index (χ3v) is 4.75. The van der Waals surface area contributed by atoms with E-state index in [0.717, 1.165) is 26.1 Å². The zero-order valence-electron chi connectivity index (χ0n) is 11.4. The van der Waals surface area contributed by atoms with Gasteiger partial charge in [-0.3, -0.25) is 4.90 Å². The summed E-state index contributed by atoms with van der Waals surface area (Å²) in [7, 11) is 0. The third kappa shape index (κ3) is 3.27. The molecule has 0 amide bonds. The van der Waals surface area contributed by atoms with Gasteiger partial charge in [0, 0.05) is 35.4 Å². The van der Waals surface area contributed by atoms with Crippen molar-refractivity contribution in [3.63, 3.8) is 0 Å². The highest BCUT2D eigenvalue weighted by atomic mass is 32.1. The van der Waals surface area contributed by atoms with Crippen molar-refractivity contribution in [2.75, 3.05) is 13.1 Å². The molecular formula is C16H20N2OS. The molecule has 1 aromatic carbocycles. The van der Waals surface area contributed by atoms with Gasteiger partial charge in [-0.15, -0.1) is 11.3 Å². The van der Waals surface area contributed by atoms with Crippen molar-refractivity contribution in [1.82, 2.24) is 4.90 Å². The number of hydrogen-bond acceptors (Lipinski definition) is 4. The van der Waals surface area contributed by atoms with Crippen molar-refractivity contribution in [2.24, 2.45) is 5.73 Å². The molecule has 1 saturated heterocycles. The van der Waals surface area contributed by atoms with Crippen LogP contribution in [0.25, 0.3) is 10.4 Å². The number of rotatable bonds is 3. The first kappa shape index (κ1) is 13.8. The normalized spacial score (nSPS) is 23.9. The van der Waals surface area contributed by atoms with Crippen molar-refractivity contribution < 1.29 is 5.11 Å². The lowest BCUT2D eigenvalue weighted by Crippen LogP contribution is -2.48. The van der Waals surface area contributed by atoms with Gasteiger partial charge in [0.2, 0.25) is 0 Å². The lowest BCUT2D eigenvalue weighted by atomic mass is 10.0. The molecule has 2 heterocycles. The van der Waals surface area contributed by atoms with E-state index in [-0.39, 0.29) is 12.1 Å². The Bertz CT molecular complexity index is 545. The first-order valence-corrected chi connectivity index (χ1v) is 7.82. The number of aliphatic hydroxyl groups is 1. The summed E-state index contributed by atoms with van der Waals surface area (Å²) in [6, 6.07) is 14.9. The van der Waals surface area contributed by atoms with Gasteiger partial charge in [-0.25, -0.2) is 0 Å². The molecule has 0 spiro atoms. The molecule has 0 unspecified atom stereocenters. The van der Waals surface area contributed by atoms with Gasteiger partial charge in [-0.05, 0) is 24.1 Å². The zero-order valence-corrected chi connectivity index (χ0v) is 12.2. The minimum absolute atomic E-state index is 0.0901. The highest BCUT2D eigenvalue weighted by molar-refractivity contribution is 7.15. The van der Waals surface area contributed by atoms with Gasteiger partial charge < -0.3 is 10.8 Å². The van der Waals surface area contributed by atoms with E-state index in [1.54, 1.807) is 0 Å². The summed E-state index contributed by atoms with van der Waals surface area (Å²) in [4.78, 5) is 4.87. The van der Waals surface area contributed by atoms with Crippen LogP contribution >= 0.6 is 11.3 Å². The van der Waals surface area contributed by atoms with Gasteiger partial charge >= 0.3 is 0 Å². The van der Waals surface area contributed by atoms with Crippen molar-refractivity contribution in [3.8, 4) is 10.4 Å². The minimum Gasteiger partial charge on any atom is -0.392 e. The maximum Gasteiger partial charge on any atom is 0.0682 e. The van der Waals surface area contributed by atoms with Crippen LogP contribution in [-0.2, 0) is 6.54 Å². The summed E-state index contributed by atoms with van der Waals surface area (Å²) in [6.45, 7) is 2.48. The molecule has 4 heteroatoms. The van der Waals surface area contributed by atoms with Crippen LogP contribution in [0.3, 0.4) is 0 Å². The SMILES string of the molecule is N[C@H]1C[C@@H](O)CN(Cc2ccc(-c3ccccc3)s2)C1. The number of β-amino-alcohol motifs (C(OH)–C–C–N with tert-alkyl or cyclic N) is 1. The fraction of sp³-hybridized carbons (Fsp3) is 0.375. The average molecular weight is 288 g/mol. The number of thiophene rings is 1. The molecule has 2 atom stereocenters. The molecule has 3 rings (SSSR count). The highest BCUT2D eigenvalue weighted by Gasteiger charge is 2.23. The quantitative estimate of drug-likeness (QED) is 0.911. The summed E-state index contributed by atoms with van der Waals surface area (Å²) in [5.41, 5.74) is 7.23. The number of nitrogens with two attached hydrogens (primary N) is 1. The van der Waals surface area contributed by atoms with Crippen LogP contribution in [0.1, 0.15) is 11.3 Å². The van der Waals surface area contributed by atoms with Crippen LogP contribution in [0, 0.1) is 0 Å². The first-order valence-electron chi connectivity index (χ1n) is 7.01. The van der Waals surface area contributed by atoms with Crippen LogP contribution < -0.4 is 5.73 Å². The molecule has 0 bridgehead atoms. The standard InChI is InChI=1S/C16H20N2OS/c17-13-8-14(19)10-18(9-13)11-15-6-7-16(20-15)12-4-2-1-3-5-12/h1-7,13-14,19H,8-11,17H2/t13-,14+/m0/s1. The lowest BCUT2D eigenvalue weighted by molar-refractivity contribution is 0.0570. The van der Waals surface area contributed by atoms with Gasteiger partial charge in [0.25, 0.3) is 0 Å². The van der Waals surface area contributed by atoms with Crippen LogP contribution in [-0.4, -0.2) is 35.2 Å². The molecule has 0 radical (unpaired) electrons. The minimum atomic E-state index is -0.285. The van der Waals surface area contributed by atoms with Crippen LogP contribution in [0.4, 0.5) is 0 Å². The zero-order chi connectivity index (χ0) is 13.9. The Balaban J connectivity index is 1.68. The Morgan fingerprint density at radius 2 is 1.95 bits per heavy atom. The third-order valence-electron chi connectivity index (χ3n) is 3.64. The predicted molar refractivity (Wildman–Crippen MR) is 83.6 cm³/mol. The molecule has 1 fully saturated rings. The average Bonchev–Trinajstić information content (AvgIpc) is 2.87. The number of hydrogen-bond donors (Lipinski definition) is 2. The molecule has 1 aliphatic rings. The van der Waals surface area contributed by atoms with Crippen molar-refractivity contribution >= 4 is 11.3 Å². The van der Waals surface area contributed by atoms with Crippen molar-refractivity contribution in [3.05, 3.63) is 47.3 Å². The maximum absolute atomic E-state index is 9.79. The molecule has 3 N–H and O–H groups in total. The van der Waals surface area contributed by atoms with Crippen LogP contribution in [0.2, 0.25) is 0 Å². The lowest BCUT2D eigenvalue weighted by Gasteiger charge is -2.33. The number of aliphatic hydroxyl groups excluding tert-OH is 1. The molecule has 0 saturated carbocycles. The monoisotopic (exact) mass is 288 g/mol. The summed E-state index contributed by atoms with van der Waals surface area (Å²) in [5, 5.41) is 9.79. The molecular weight excluding hydrogens is 268 g/mol. The Labute approximate surface area is 123 Å². The smallest absolute Gasteiger partial charge is 0.0682 e. The fourth-order valence-corrected chi connectivity index (χ4v) is 3.83. The summed E-state index contributed by atoms with van der Waals surface area (Å²) in [6.07, 6.45) is 0.434. The highest BCUT2D eigenvalue weighted by Crippen LogP contribution is 2.29. The molecule has 1 aromatic heterocycles. The number of likely N-dealkylation sites (tertiary alicyclic amines) is 1. The molecule has 106 valence electrons. The number of nitrogens with zero attached hydrogens (tertiary/aromatic N) is 1. The van der Waals surface area contributed by atoms with E-state index in [2.05, 4.69) is 41.3 Å². The summed E-state index contributed by atoms with van der Waals surface area (Å²) >= 11 is 1.82. The summed E-state index contributed by atoms with van der Waals surface area (Å²) in [5.74, 6) is 0. The summed E-state index contributed by atoms with van der Waals surface area (Å²) < 4.78 is 0. The Morgan fingerprint density at radius 1 is 1.15 bits per heavy atom. The second-order valence-electron chi connectivity index (χ2n) is 5.48. The van der Waals surface area contributed by atoms with Gasteiger partial charge in [0.15, 0.2) is 0 Å². The number of piperidine rings is 1. The predicted octanol–water partition coefficient (Wildman–Crippen LogP) is 2.31. The van der Waals surface area contributed by atoms with E-state index in [9.17, 15) is 5.11 Å². The van der Waals surface area contributed by atoms with Crippen LogP contribution in [0.5, 0.6) is 0 Å². The van der Waals surface area contributed by atoms with E-state index < -0.39 is 0 Å². The van der Waals surface area contributed by atoms with E-state index in [0.29, 0.717) is 0 Å². The molecule has 20 heavy (non-hydrogen) atoms. The van der Waals surface area contributed by atoms with Crippen molar-refractivity contribution in [2.45, 2.75) is 25.1 Å². The largest absolute Gasteiger partial charge is 0.392 e. The van der Waals surface area contributed by atoms with E-state index >= 15 is 0 Å². The van der Waals surface area contributed by atoms with Gasteiger partial charge in [-0.2, -0.15) is 0 Å². The van der Waals surface area contributed by atoms with Gasteiger partial charge in [0.1, 0.15) is 0 Å². The second kappa shape index (κ2) is 6.06. The van der Waals surface area contributed by atoms with Crippen molar-refractivity contribution in [1.29, 1.82) is 0 Å². The van der Waals surface area contributed by atoms with Gasteiger partial charge in [-0.1, -0.05) is 30.3 Å². The first-order chi connectivity index (χ1) is 9.70. The molecule has 3 nitrogen and oxygen atoms in total. The Kier molecular flexibility index (Phi) is 4.17. The van der Waals surface area contributed by atoms with E-state index in [4.69, 9.17) is 5.73 Å². The maximum atomic E-state index is 9.79. The molecule has 2 aromatic rings. The Morgan fingerprint density at radius 3 is 2.70 bits per heavy atom. The second-order valence-corrected chi connectivity index (χ2v) is 6.64. The molecule has 0 aliphatic carbocycles.